The van der Waals surface area contributed by atoms with E-state index >= 15 is 0 Å². The Hall–Kier alpha value is -2.61. The molecule has 3 rings (SSSR count). The quantitative estimate of drug-likeness (QED) is 0.612. The Morgan fingerprint density at radius 1 is 1.29 bits per heavy atom. The smallest absolute Gasteiger partial charge is 0.256 e. The van der Waals surface area contributed by atoms with E-state index in [9.17, 15) is 9.59 Å². The first kappa shape index (κ1) is 23.1. The van der Waals surface area contributed by atoms with Crippen LogP contribution in [0.1, 0.15) is 72.6 Å². The van der Waals surface area contributed by atoms with Gasteiger partial charge < -0.3 is 23.9 Å². The fourth-order valence-electron chi connectivity index (χ4n) is 3.81. The Kier molecular flexibility index (Phi) is 7.90. The molecule has 0 saturated carbocycles. The van der Waals surface area contributed by atoms with E-state index in [0.29, 0.717) is 49.6 Å². The summed E-state index contributed by atoms with van der Waals surface area (Å²) < 4.78 is 18.5. The second-order valence-corrected chi connectivity index (χ2v) is 8.25. The predicted molar refractivity (Wildman–Crippen MR) is 117 cm³/mol. The van der Waals surface area contributed by atoms with E-state index in [1.54, 1.807) is 4.57 Å². The zero-order valence-corrected chi connectivity index (χ0v) is 19.0. The standard InChI is InChI=1S/C23H33N3O5/c1-15(2)29-12-8-10-24-23(28)22-19-9-6-5-7-11-26(19)21(27)13-20(22)30-14-18-16(3)25-31-17(18)4/h13,15H,5-12,14H2,1-4H3,(H,24,28). The summed E-state index contributed by atoms with van der Waals surface area (Å²) in [5.74, 6) is 0.762. The molecule has 0 atom stereocenters. The first-order valence-electron chi connectivity index (χ1n) is 11.1. The first-order valence-corrected chi connectivity index (χ1v) is 11.1. The van der Waals surface area contributed by atoms with E-state index in [4.69, 9.17) is 14.0 Å². The third-order valence-electron chi connectivity index (χ3n) is 5.51. The predicted octanol–water partition coefficient (Wildman–Crippen LogP) is 3.30. The molecule has 0 bridgehead atoms. The number of ether oxygens (including phenoxy) is 2. The molecule has 0 spiro atoms. The van der Waals surface area contributed by atoms with Crippen LogP contribution in [0.5, 0.6) is 5.75 Å². The van der Waals surface area contributed by atoms with Gasteiger partial charge in [-0.3, -0.25) is 9.59 Å². The number of aryl methyl sites for hydroxylation is 2. The molecule has 0 saturated heterocycles. The molecule has 1 amide bonds. The van der Waals surface area contributed by atoms with E-state index < -0.39 is 0 Å². The van der Waals surface area contributed by atoms with Gasteiger partial charge in [0.2, 0.25) is 0 Å². The van der Waals surface area contributed by atoms with Gasteiger partial charge >= 0.3 is 0 Å². The van der Waals surface area contributed by atoms with Crippen molar-refractivity contribution in [1.29, 1.82) is 0 Å². The highest BCUT2D eigenvalue weighted by Gasteiger charge is 2.24. The number of carbonyl (C=O) groups is 1. The SMILES string of the molecule is Cc1noc(C)c1COc1cc(=O)n2c(c1C(=O)NCCCOC(C)C)CCCCC2. The molecule has 0 radical (unpaired) electrons. The van der Waals surface area contributed by atoms with Crippen LogP contribution in [0, 0.1) is 13.8 Å². The number of fused-ring (bicyclic) bond motifs is 1. The van der Waals surface area contributed by atoms with Crippen LogP contribution < -0.4 is 15.6 Å². The molecule has 1 aliphatic heterocycles. The summed E-state index contributed by atoms with van der Waals surface area (Å²) in [5, 5.41) is 6.92. The van der Waals surface area contributed by atoms with E-state index in [0.717, 1.165) is 36.2 Å². The van der Waals surface area contributed by atoms with Gasteiger partial charge in [0.05, 0.1) is 17.4 Å². The van der Waals surface area contributed by atoms with E-state index in [1.807, 2.05) is 27.7 Å². The Morgan fingerprint density at radius 3 is 2.81 bits per heavy atom. The van der Waals surface area contributed by atoms with Crippen molar-refractivity contribution in [2.45, 2.75) is 79.1 Å². The molecular formula is C23H33N3O5. The van der Waals surface area contributed by atoms with E-state index in [2.05, 4.69) is 10.5 Å². The van der Waals surface area contributed by atoms with Gasteiger partial charge in [-0.25, -0.2) is 0 Å². The van der Waals surface area contributed by atoms with Crippen molar-refractivity contribution in [2.24, 2.45) is 0 Å². The maximum Gasteiger partial charge on any atom is 0.256 e. The lowest BCUT2D eigenvalue weighted by molar-refractivity contribution is 0.0756. The fraction of sp³-hybridized carbons (Fsp3) is 0.609. The summed E-state index contributed by atoms with van der Waals surface area (Å²) in [7, 11) is 0. The molecule has 8 nitrogen and oxygen atoms in total. The van der Waals surface area contributed by atoms with Crippen molar-refractivity contribution in [3.63, 3.8) is 0 Å². The number of nitrogens with one attached hydrogen (secondary N) is 1. The minimum atomic E-state index is -0.219. The van der Waals surface area contributed by atoms with Crippen LogP contribution in [-0.4, -0.2) is 34.9 Å². The summed E-state index contributed by atoms with van der Waals surface area (Å²) in [4.78, 5) is 25.9. The number of rotatable bonds is 9. The summed E-state index contributed by atoms with van der Waals surface area (Å²) in [6.07, 6.45) is 4.46. The largest absolute Gasteiger partial charge is 0.488 e. The van der Waals surface area contributed by atoms with Gasteiger partial charge in [0.25, 0.3) is 11.5 Å². The zero-order chi connectivity index (χ0) is 22.4. The Bertz CT molecular complexity index is 941. The van der Waals surface area contributed by atoms with Crippen LogP contribution >= 0.6 is 0 Å². The maximum absolute atomic E-state index is 13.2. The number of nitrogens with zero attached hydrogens (tertiary/aromatic N) is 2. The second-order valence-electron chi connectivity index (χ2n) is 8.25. The monoisotopic (exact) mass is 431 g/mol. The topological polar surface area (TPSA) is 95.6 Å². The second kappa shape index (κ2) is 10.6. The Balaban J connectivity index is 1.85. The van der Waals surface area contributed by atoms with Crippen LogP contribution in [0.2, 0.25) is 0 Å². The highest BCUT2D eigenvalue weighted by Crippen LogP contribution is 2.26. The zero-order valence-electron chi connectivity index (χ0n) is 19.0. The van der Waals surface area contributed by atoms with Crippen LogP contribution in [0.25, 0.3) is 0 Å². The van der Waals surface area contributed by atoms with Crippen molar-refractivity contribution in [2.75, 3.05) is 13.2 Å². The van der Waals surface area contributed by atoms with Gasteiger partial charge in [-0.2, -0.15) is 0 Å². The molecular weight excluding hydrogens is 398 g/mol. The highest BCUT2D eigenvalue weighted by molar-refractivity contribution is 5.98. The van der Waals surface area contributed by atoms with Crippen molar-refractivity contribution in [3.05, 3.63) is 44.7 Å². The van der Waals surface area contributed by atoms with Crippen LogP contribution in [0.4, 0.5) is 0 Å². The number of hydrogen-bond acceptors (Lipinski definition) is 6. The lowest BCUT2D eigenvalue weighted by atomic mass is 10.1. The maximum atomic E-state index is 13.2. The summed E-state index contributed by atoms with van der Waals surface area (Å²) in [5.41, 5.74) is 2.65. The molecule has 8 heteroatoms. The molecule has 0 fully saturated rings. The summed E-state index contributed by atoms with van der Waals surface area (Å²) in [6.45, 7) is 9.52. The molecule has 1 N–H and O–H groups in total. The average molecular weight is 432 g/mol. The third kappa shape index (κ3) is 5.76. The fourth-order valence-corrected chi connectivity index (χ4v) is 3.81. The van der Waals surface area contributed by atoms with Crippen molar-refractivity contribution in [1.82, 2.24) is 15.0 Å². The van der Waals surface area contributed by atoms with E-state index in [1.165, 1.54) is 6.07 Å². The molecule has 3 heterocycles. The van der Waals surface area contributed by atoms with Crippen molar-refractivity contribution in [3.8, 4) is 5.75 Å². The number of amides is 1. The summed E-state index contributed by atoms with van der Waals surface area (Å²) in [6, 6.07) is 1.43. The minimum Gasteiger partial charge on any atom is -0.488 e. The first-order chi connectivity index (χ1) is 14.9. The molecule has 0 aromatic carbocycles. The average Bonchev–Trinajstić information content (AvgIpc) is 2.91. The normalized spacial score (nSPS) is 13.7. The molecule has 2 aromatic rings. The molecule has 2 aromatic heterocycles. The Morgan fingerprint density at radius 2 is 2.10 bits per heavy atom. The molecule has 1 aliphatic rings. The third-order valence-corrected chi connectivity index (χ3v) is 5.51. The number of aromatic nitrogens is 2. The van der Waals surface area contributed by atoms with Gasteiger partial charge in [0.15, 0.2) is 0 Å². The van der Waals surface area contributed by atoms with Crippen LogP contribution in [0.15, 0.2) is 15.4 Å². The van der Waals surface area contributed by atoms with Gasteiger partial charge in [0.1, 0.15) is 23.7 Å². The molecule has 31 heavy (non-hydrogen) atoms. The summed E-state index contributed by atoms with van der Waals surface area (Å²) >= 11 is 0. The van der Waals surface area contributed by atoms with Gasteiger partial charge in [-0.1, -0.05) is 11.6 Å². The van der Waals surface area contributed by atoms with Crippen LogP contribution in [-0.2, 0) is 24.3 Å². The number of hydrogen-bond donors (Lipinski definition) is 1. The lowest BCUT2D eigenvalue weighted by Gasteiger charge is -2.19. The number of carbonyl (C=O) groups excluding carboxylic acids is 1. The van der Waals surface area contributed by atoms with Crippen molar-refractivity contribution >= 4 is 5.91 Å². The lowest BCUT2D eigenvalue weighted by Crippen LogP contribution is -2.32. The highest BCUT2D eigenvalue weighted by atomic mass is 16.5. The molecule has 0 aliphatic carbocycles. The Labute approximate surface area is 182 Å². The van der Waals surface area contributed by atoms with Crippen molar-refractivity contribution < 1.29 is 18.8 Å². The molecule has 170 valence electrons. The minimum absolute atomic E-state index is 0.132. The van der Waals surface area contributed by atoms with Gasteiger partial charge in [-0.05, 0) is 53.4 Å². The van der Waals surface area contributed by atoms with Crippen LogP contribution in [0.3, 0.4) is 0 Å². The number of pyridine rings is 1. The van der Waals surface area contributed by atoms with Gasteiger partial charge in [0, 0.05) is 31.5 Å². The van der Waals surface area contributed by atoms with Gasteiger partial charge in [-0.15, -0.1) is 0 Å². The van der Waals surface area contributed by atoms with E-state index in [-0.39, 0.29) is 24.2 Å². The molecule has 0 unspecified atom stereocenters.